The van der Waals surface area contributed by atoms with Crippen molar-refractivity contribution in [1.82, 2.24) is 30.1 Å². The van der Waals surface area contributed by atoms with E-state index in [1.165, 1.54) is 29.5 Å². The Bertz CT molecular complexity index is 1320. The zero-order valence-corrected chi connectivity index (χ0v) is 20.0. The van der Waals surface area contributed by atoms with Crippen LogP contribution in [-0.2, 0) is 19.5 Å². The number of nitrogens with zero attached hydrogens (tertiary/aromatic N) is 5. The molecule has 0 aliphatic heterocycles. The summed E-state index contributed by atoms with van der Waals surface area (Å²) in [5.41, 5.74) is 5.31. The maximum atomic E-state index is 13.0. The summed E-state index contributed by atoms with van der Waals surface area (Å²) in [6.45, 7) is 6.14. The van der Waals surface area contributed by atoms with Gasteiger partial charge in [-0.15, -0.1) is 5.10 Å². The van der Waals surface area contributed by atoms with Gasteiger partial charge in [0, 0.05) is 24.2 Å². The summed E-state index contributed by atoms with van der Waals surface area (Å²) in [6.07, 6.45) is 5.62. The zero-order valence-electron chi connectivity index (χ0n) is 20.0. The Morgan fingerprint density at radius 3 is 2.59 bits per heavy atom. The Morgan fingerprint density at radius 1 is 1.03 bits per heavy atom. The number of pyridine rings is 1. The summed E-state index contributed by atoms with van der Waals surface area (Å²) < 4.78 is 2.01. The first-order chi connectivity index (χ1) is 16.6. The third-order valence-electron chi connectivity index (χ3n) is 7.09. The average molecular weight is 457 g/mol. The van der Waals surface area contributed by atoms with Gasteiger partial charge in [0.2, 0.25) is 0 Å². The van der Waals surface area contributed by atoms with Crippen molar-refractivity contribution in [1.29, 1.82) is 0 Å². The van der Waals surface area contributed by atoms with E-state index < -0.39 is 0 Å². The van der Waals surface area contributed by atoms with Crippen LogP contribution in [0.1, 0.15) is 59.8 Å². The Hall–Kier alpha value is -3.32. The molecule has 5 rings (SSSR count). The van der Waals surface area contributed by atoms with Crippen molar-refractivity contribution in [3.05, 3.63) is 87.0 Å². The second-order valence-corrected chi connectivity index (χ2v) is 9.57. The van der Waals surface area contributed by atoms with E-state index in [0.29, 0.717) is 19.1 Å². The largest absolute Gasteiger partial charge is 0.322 e. The predicted molar refractivity (Wildman–Crippen MR) is 134 cm³/mol. The van der Waals surface area contributed by atoms with Gasteiger partial charge in [-0.1, -0.05) is 43.2 Å². The molecular formula is C27H32N6O. The van der Waals surface area contributed by atoms with Gasteiger partial charge in [-0.25, -0.2) is 4.68 Å². The van der Waals surface area contributed by atoms with E-state index in [0.717, 1.165) is 48.1 Å². The number of aromatic amines is 1. The Labute approximate surface area is 199 Å². The van der Waals surface area contributed by atoms with Crippen LogP contribution in [0.25, 0.3) is 10.9 Å². The van der Waals surface area contributed by atoms with Gasteiger partial charge in [-0.2, -0.15) is 0 Å². The summed E-state index contributed by atoms with van der Waals surface area (Å²) >= 11 is 0. The van der Waals surface area contributed by atoms with E-state index in [2.05, 4.69) is 75.7 Å². The molecule has 0 radical (unpaired) electrons. The fourth-order valence-electron chi connectivity index (χ4n) is 4.98. The molecule has 7 heteroatoms. The Morgan fingerprint density at radius 2 is 1.79 bits per heavy atom. The molecule has 1 aliphatic rings. The zero-order chi connectivity index (χ0) is 23.5. The Kier molecular flexibility index (Phi) is 6.54. The van der Waals surface area contributed by atoms with Crippen LogP contribution in [0.15, 0.2) is 53.3 Å². The molecule has 176 valence electrons. The number of hydrogen-bond acceptors (Lipinski definition) is 5. The molecule has 7 nitrogen and oxygen atoms in total. The van der Waals surface area contributed by atoms with Crippen molar-refractivity contribution in [2.45, 2.75) is 65.1 Å². The standard InChI is InChI=1S/C27H32N6O/c1-19-14-22-16-23(27(34)28-25(22)15-20(19)2)17-32(13-12-21-8-4-3-5-9-21)18-26-29-30-31-33(26)24-10-6-7-11-24/h3-5,8-9,14-16,24H,6-7,10-13,17-18H2,1-2H3,(H,28,34). The third-order valence-corrected chi connectivity index (χ3v) is 7.09. The maximum absolute atomic E-state index is 13.0. The lowest BCUT2D eigenvalue weighted by Crippen LogP contribution is -2.30. The quantitative estimate of drug-likeness (QED) is 0.423. The molecule has 0 bridgehead atoms. The summed E-state index contributed by atoms with van der Waals surface area (Å²) in [6, 6.07) is 17.1. The molecule has 1 aliphatic carbocycles. The maximum Gasteiger partial charge on any atom is 0.252 e. The van der Waals surface area contributed by atoms with Crippen LogP contribution in [0.3, 0.4) is 0 Å². The highest BCUT2D eigenvalue weighted by molar-refractivity contribution is 5.80. The fourth-order valence-corrected chi connectivity index (χ4v) is 4.98. The highest BCUT2D eigenvalue weighted by Gasteiger charge is 2.23. The first-order valence-corrected chi connectivity index (χ1v) is 12.2. The molecule has 34 heavy (non-hydrogen) atoms. The van der Waals surface area contributed by atoms with Gasteiger partial charge in [-0.3, -0.25) is 9.69 Å². The average Bonchev–Trinajstić information content (AvgIpc) is 3.52. The lowest BCUT2D eigenvalue weighted by atomic mass is 10.0. The highest BCUT2D eigenvalue weighted by atomic mass is 16.1. The van der Waals surface area contributed by atoms with Crippen molar-refractivity contribution in [2.75, 3.05) is 6.54 Å². The number of rotatable bonds is 8. The van der Waals surface area contributed by atoms with Gasteiger partial charge < -0.3 is 4.98 Å². The van der Waals surface area contributed by atoms with Crippen molar-refractivity contribution < 1.29 is 0 Å². The third kappa shape index (κ3) is 4.94. The molecule has 2 aromatic carbocycles. The molecule has 0 atom stereocenters. The van der Waals surface area contributed by atoms with Crippen LogP contribution < -0.4 is 5.56 Å². The van der Waals surface area contributed by atoms with Gasteiger partial charge in [0.1, 0.15) is 0 Å². The molecule has 4 aromatic rings. The highest BCUT2D eigenvalue weighted by Crippen LogP contribution is 2.29. The van der Waals surface area contributed by atoms with Crippen LogP contribution in [0.4, 0.5) is 0 Å². The van der Waals surface area contributed by atoms with E-state index in [4.69, 9.17) is 0 Å². The SMILES string of the molecule is Cc1cc2cc(CN(CCc3ccccc3)Cc3nnnn3C3CCCC3)c(=O)[nH]c2cc1C. The summed E-state index contributed by atoms with van der Waals surface area (Å²) in [5, 5.41) is 13.7. The minimum atomic E-state index is -0.0316. The smallest absolute Gasteiger partial charge is 0.252 e. The molecule has 0 amide bonds. The van der Waals surface area contributed by atoms with Crippen LogP contribution in [0.5, 0.6) is 0 Å². The van der Waals surface area contributed by atoms with Gasteiger partial charge in [0.25, 0.3) is 5.56 Å². The number of fused-ring (bicyclic) bond motifs is 1. The molecule has 1 saturated carbocycles. The number of benzene rings is 2. The fraction of sp³-hybridized carbons (Fsp3) is 0.407. The van der Waals surface area contributed by atoms with Crippen LogP contribution >= 0.6 is 0 Å². The first-order valence-electron chi connectivity index (χ1n) is 12.2. The Balaban J connectivity index is 1.42. The molecule has 2 aromatic heterocycles. The van der Waals surface area contributed by atoms with Gasteiger partial charge >= 0.3 is 0 Å². The molecule has 1 N–H and O–H groups in total. The monoisotopic (exact) mass is 456 g/mol. The summed E-state index contributed by atoms with van der Waals surface area (Å²) in [4.78, 5) is 18.4. The van der Waals surface area contributed by atoms with Gasteiger partial charge in [0.05, 0.1) is 12.6 Å². The van der Waals surface area contributed by atoms with E-state index >= 15 is 0 Å². The number of H-pyrrole nitrogens is 1. The summed E-state index contributed by atoms with van der Waals surface area (Å²) in [7, 11) is 0. The second kappa shape index (κ2) is 9.89. The van der Waals surface area contributed by atoms with Crippen LogP contribution in [0.2, 0.25) is 0 Å². The minimum Gasteiger partial charge on any atom is -0.322 e. The van der Waals surface area contributed by atoms with Crippen LogP contribution in [-0.4, -0.2) is 36.6 Å². The van der Waals surface area contributed by atoms with Crippen molar-refractivity contribution in [3.63, 3.8) is 0 Å². The molecule has 0 spiro atoms. The number of aryl methyl sites for hydroxylation is 2. The van der Waals surface area contributed by atoms with Gasteiger partial charge in [-0.05, 0) is 83.8 Å². The van der Waals surface area contributed by atoms with E-state index in [1.54, 1.807) is 0 Å². The number of tetrazole rings is 1. The first kappa shape index (κ1) is 22.5. The lowest BCUT2D eigenvalue weighted by molar-refractivity contribution is 0.243. The molecular weight excluding hydrogens is 424 g/mol. The topological polar surface area (TPSA) is 79.7 Å². The van der Waals surface area contributed by atoms with E-state index in [-0.39, 0.29) is 5.56 Å². The molecule has 0 saturated heterocycles. The molecule has 2 heterocycles. The summed E-state index contributed by atoms with van der Waals surface area (Å²) in [5.74, 6) is 0.878. The number of nitrogens with one attached hydrogen (secondary N) is 1. The second-order valence-electron chi connectivity index (χ2n) is 9.57. The van der Waals surface area contributed by atoms with Crippen LogP contribution in [0, 0.1) is 13.8 Å². The van der Waals surface area contributed by atoms with Crippen molar-refractivity contribution in [2.24, 2.45) is 0 Å². The van der Waals surface area contributed by atoms with Crippen molar-refractivity contribution >= 4 is 10.9 Å². The molecule has 0 unspecified atom stereocenters. The number of aromatic nitrogens is 5. The lowest BCUT2D eigenvalue weighted by Gasteiger charge is -2.23. The predicted octanol–water partition coefficient (Wildman–Crippen LogP) is 4.49. The van der Waals surface area contributed by atoms with Gasteiger partial charge in [0.15, 0.2) is 5.82 Å². The number of hydrogen-bond donors (Lipinski definition) is 1. The minimum absolute atomic E-state index is 0.0316. The normalized spacial score (nSPS) is 14.4. The van der Waals surface area contributed by atoms with Crippen molar-refractivity contribution in [3.8, 4) is 0 Å². The molecule has 1 fully saturated rings. The van der Waals surface area contributed by atoms with E-state index in [1.807, 2.05) is 16.8 Å². The van der Waals surface area contributed by atoms with E-state index in [9.17, 15) is 4.79 Å².